The van der Waals surface area contributed by atoms with Gasteiger partial charge in [-0.1, -0.05) is 51.1 Å². The summed E-state index contributed by atoms with van der Waals surface area (Å²) in [5, 5.41) is 0. The molecular formula is C19H31N3O. The number of benzene rings is 1. The van der Waals surface area contributed by atoms with Crippen molar-refractivity contribution in [3.63, 3.8) is 0 Å². The summed E-state index contributed by atoms with van der Waals surface area (Å²) in [5.41, 5.74) is 1.38. The molecule has 2 rings (SSSR count). The first kappa shape index (κ1) is 18.0. The molecule has 1 aromatic rings. The van der Waals surface area contributed by atoms with Crippen molar-refractivity contribution in [2.24, 2.45) is 5.41 Å². The van der Waals surface area contributed by atoms with E-state index in [-0.39, 0.29) is 11.9 Å². The van der Waals surface area contributed by atoms with Gasteiger partial charge in [-0.05, 0) is 25.1 Å². The van der Waals surface area contributed by atoms with E-state index in [9.17, 15) is 4.79 Å². The number of amides is 1. The van der Waals surface area contributed by atoms with E-state index in [0.717, 1.165) is 38.3 Å². The molecule has 4 heteroatoms. The molecule has 1 heterocycles. The van der Waals surface area contributed by atoms with Crippen LogP contribution in [0.5, 0.6) is 0 Å². The topological polar surface area (TPSA) is 26.8 Å². The molecule has 0 aromatic heterocycles. The zero-order valence-corrected chi connectivity index (χ0v) is 15.2. The summed E-state index contributed by atoms with van der Waals surface area (Å²) in [6.07, 6.45) is 0. The lowest BCUT2D eigenvalue weighted by Crippen LogP contribution is -2.52. The fourth-order valence-corrected chi connectivity index (χ4v) is 3.27. The number of hydrogen-bond acceptors (Lipinski definition) is 3. The van der Waals surface area contributed by atoms with Gasteiger partial charge in [0.05, 0.1) is 0 Å². The van der Waals surface area contributed by atoms with Crippen LogP contribution in [-0.2, 0) is 4.79 Å². The molecule has 0 aliphatic carbocycles. The Hall–Kier alpha value is -1.39. The van der Waals surface area contributed by atoms with E-state index >= 15 is 0 Å². The average Bonchev–Trinajstić information content (AvgIpc) is 2.47. The first-order valence-electron chi connectivity index (χ1n) is 8.50. The van der Waals surface area contributed by atoms with Gasteiger partial charge in [-0.25, -0.2) is 0 Å². The summed E-state index contributed by atoms with van der Waals surface area (Å²) < 4.78 is 0. The van der Waals surface area contributed by atoms with Crippen molar-refractivity contribution in [3.8, 4) is 0 Å². The number of nitrogens with zero attached hydrogens (tertiary/aromatic N) is 3. The minimum atomic E-state index is -0.189. The maximum absolute atomic E-state index is 13.0. The second-order valence-corrected chi connectivity index (χ2v) is 7.94. The first-order valence-corrected chi connectivity index (χ1v) is 8.50. The SMILES string of the molecule is CN(C)C(C(=O)N1CCN(CC(C)(C)C)CC1)c1ccccc1. The van der Waals surface area contributed by atoms with E-state index in [0.29, 0.717) is 5.41 Å². The van der Waals surface area contributed by atoms with Crippen LogP contribution in [0.3, 0.4) is 0 Å². The van der Waals surface area contributed by atoms with Crippen LogP contribution < -0.4 is 0 Å². The lowest BCUT2D eigenvalue weighted by Gasteiger charge is -2.39. The number of rotatable bonds is 4. The molecule has 1 aliphatic rings. The quantitative estimate of drug-likeness (QED) is 0.853. The van der Waals surface area contributed by atoms with E-state index in [1.54, 1.807) is 0 Å². The lowest BCUT2D eigenvalue weighted by molar-refractivity contribution is -0.138. The van der Waals surface area contributed by atoms with E-state index in [1.807, 2.05) is 54.2 Å². The predicted octanol–water partition coefficient (Wildman–Crippen LogP) is 2.48. The highest BCUT2D eigenvalue weighted by atomic mass is 16.2. The zero-order chi connectivity index (χ0) is 17.0. The second kappa shape index (κ2) is 7.45. The van der Waals surface area contributed by atoms with Gasteiger partial charge in [0.1, 0.15) is 6.04 Å². The van der Waals surface area contributed by atoms with Crippen LogP contribution in [0.2, 0.25) is 0 Å². The van der Waals surface area contributed by atoms with E-state index in [4.69, 9.17) is 0 Å². The molecule has 1 atom stereocenters. The Labute approximate surface area is 141 Å². The van der Waals surface area contributed by atoms with E-state index in [1.165, 1.54) is 0 Å². The monoisotopic (exact) mass is 317 g/mol. The molecular weight excluding hydrogens is 286 g/mol. The van der Waals surface area contributed by atoms with Gasteiger partial charge in [0.2, 0.25) is 5.91 Å². The van der Waals surface area contributed by atoms with Gasteiger partial charge in [-0.15, -0.1) is 0 Å². The number of carbonyl (C=O) groups excluding carboxylic acids is 1. The Morgan fingerprint density at radius 2 is 1.65 bits per heavy atom. The largest absolute Gasteiger partial charge is 0.338 e. The third-order valence-corrected chi connectivity index (χ3v) is 4.25. The van der Waals surface area contributed by atoms with Crippen LogP contribution in [0.15, 0.2) is 30.3 Å². The molecule has 0 radical (unpaired) electrons. The highest BCUT2D eigenvalue weighted by molar-refractivity contribution is 5.83. The van der Waals surface area contributed by atoms with Gasteiger partial charge in [-0.3, -0.25) is 14.6 Å². The fourth-order valence-electron chi connectivity index (χ4n) is 3.27. The highest BCUT2D eigenvalue weighted by Crippen LogP contribution is 2.22. The second-order valence-electron chi connectivity index (χ2n) is 7.94. The zero-order valence-electron chi connectivity index (χ0n) is 15.2. The van der Waals surface area contributed by atoms with Gasteiger partial charge in [0, 0.05) is 32.7 Å². The third kappa shape index (κ3) is 5.05. The normalized spacial score (nSPS) is 18.3. The van der Waals surface area contributed by atoms with Gasteiger partial charge >= 0.3 is 0 Å². The van der Waals surface area contributed by atoms with Crippen molar-refractivity contribution in [2.45, 2.75) is 26.8 Å². The summed E-state index contributed by atoms with van der Waals surface area (Å²) in [6, 6.07) is 9.88. The van der Waals surface area contributed by atoms with Crippen molar-refractivity contribution in [1.82, 2.24) is 14.7 Å². The predicted molar refractivity (Wildman–Crippen MR) is 95.3 cm³/mol. The van der Waals surface area contributed by atoms with Crippen LogP contribution in [0.4, 0.5) is 0 Å². The summed E-state index contributed by atoms with van der Waals surface area (Å²) in [5.74, 6) is 0.219. The molecule has 0 N–H and O–H groups in total. The fraction of sp³-hybridized carbons (Fsp3) is 0.632. The maximum Gasteiger partial charge on any atom is 0.244 e. The van der Waals surface area contributed by atoms with E-state index in [2.05, 4.69) is 25.7 Å². The summed E-state index contributed by atoms with van der Waals surface area (Å²) in [7, 11) is 3.96. The van der Waals surface area contributed by atoms with Crippen LogP contribution in [0, 0.1) is 5.41 Å². The molecule has 23 heavy (non-hydrogen) atoms. The summed E-state index contributed by atoms with van der Waals surface area (Å²) in [4.78, 5) is 19.5. The molecule has 4 nitrogen and oxygen atoms in total. The van der Waals surface area contributed by atoms with Gasteiger partial charge in [-0.2, -0.15) is 0 Å². The van der Waals surface area contributed by atoms with E-state index < -0.39 is 0 Å². The molecule has 1 fully saturated rings. The highest BCUT2D eigenvalue weighted by Gasteiger charge is 2.30. The Balaban J connectivity index is 2.00. The van der Waals surface area contributed by atoms with Crippen LogP contribution in [0.25, 0.3) is 0 Å². The number of likely N-dealkylation sites (N-methyl/N-ethyl adjacent to an activating group) is 1. The Kier molecular flexibility index (Phi) is 5.82. The molecule has 0 spiro atoms. The minimum absolute atomic E-state index is 0.189. The van der Waals surface area contributed by atoms with Gasteiger partial charge in [0.25, 0.3) is 0 Å². The van der Waals surface area contributed by atoms with Crippen molar-refractivity contribution in [3.05, 3.63) is 35.9 Å². The molecule has 1 unspecified atom stereocenters. The smallest absolute Gasteiger partial charge is 0.244 e. The summed E-state index contributed by atoms with van der Waals surface area (Å²) in [6.45, 7) is 11.5. The molecule has 0 saturated carbocycles. The molecule has 0 bridgehead atoms. The molecule has 1 aliphatic heterocycles. The first-order chi connectivity index (χ1) is 10.8. The van der Waals surface area contributed by atoms with Crippen molar-refractivity contribution < 1.29 is 4.79 Å². The molecule has 1 aromatic carbocycles. The average molecular weight is 317 g/mol. The number of piperazine rings is 1. The minimum Gasteiger partial charge on any atom is -0.338 e. The third-order valence-electron chi connectivity index (χ3n) is 4.25. The number of carbonyl (C=O) groups is 1. The number of hydrogen-bond donors (Lipinski definition) is 0. The lowest BCUT2D eigenvalue weighted by atomic mass is 9.95. The van der Waals surface area contributed by atoms with Gasteiger partial charge < -0.3 is 4.90 Å². The standard InChI is InChI=1S/C19H31N3O/c1-19(2,3)15-21-11-13-22(14-12-21)18(23)17(20(4)5)16-9-7-6-8-10-16/h6-10,17H,11-15H2,1-5H3. The van der Waals surface area contributed by atoms with Crippen molar-refractivity contribution >= 4 is 5.91 Å². The van der Waals surface area contributed by atoms with Crippen LogP contribution in [0.1, 0.15) is 32.4 Å². The van der Waals surface area contributed by atoms with Gasteiger partial charge in [0.15, 0.2) is 0 Å². The van der Waals surface area contributed by atoms with Crippen LogP contribution in [-0.4, -0.2) is 67.4 Å². The Bertz CT molecular complexity index is 499. The Morgan fingerprint density at radius 1 is 1.09 bits per heavy atom. The van der Waals surface area contributed by atoms with Crippen molar-refractivity contribution in [1.29, 1.82) is 0 Å². The molecule has 128 valence electrons. The van der Waals surface area contributed by atoms with Crippen molar-refractivity contribution in [2.75, 3.05) is 46.8 Å². The molecule has 1 amide bonds. The maximum atomic E-state index is 13.0. The van der Waals surface area contributed by atoms with Crippen LogP contribution >= 0.6 is 0 Å². The summed E-state index contributed by atoms with van der Waals surface area (Å²) >= 11 is 0. The molecule has 1 saturated heterocycles. The Morgan fingerprint density at radius 3 is 2.13 bits per heavy atom.